The number of amides is 1. The zero-order valence-corrected chi connectivity index (χ0v) is 18.7. The van der Waals surface area contributed by atoms with E-state index in [1.165, 1.54) is 23.5 Å². The van der Waals surface area contributed by atoms with E-state index in [0.29, 0.717) is 30.6 Å². The first kappa shape index (κ1) is 21.4. The number of thiazole rings is 1. The first-order valence-corrected chi connectivity index (χ1v) is 11.3. The quantitative estimate of drug-likeness (QED) is 0.606. The Morgan fingerprint density at radius 1 is 1.26 bits per heavy atom. The van der Waals surface area contributed by atoms with E-state index < -0.39 is 0 Å². The van der Waals surface area contributed by atoms with E-state index in [1.807, 2.05) is 24.8 Å². The molecule has 1 aliphatic rings. The second kappa shape index (κ2) is 9.09. The summed E-state index contributed by atoms with van der Waals surface area (Å²) in [5.74, 6) is 0.533. The summed E-state index contributed by atoms with van der Waals surface area (Å²) in [5, 5.41) is 4.12. The monoisotopic (exact) mass is 441 g/mol. The Bertz CT molecular complexity index is 1070. The fraction of sp³-hybridized carbons (Fsp3) is 0.391. The van der Waals surface area contributed by atoms with E-state index in [1.54, 1.807) is 18.3 Å². The van der Waals surface area contributed by atoms with Crippen molar-refractivity contribution < 1.29 is 10.6 Å². The standard InChI is InChI=1S/C23H26FN5OS.H2/c1-14-5-4-12-29(19(14)13-26-23-25-11-10-15(2)27-23)22(30)20-21(31-16(3)28-20)17-6-8-18(24)9-7-17;/h6-11,14,19H,4-5,12-13H2,1-3H3,(H,25,26,27);1H/t14?,19-;/m1./s1. The first-order chi connectivity index (χ1) is 14.9. The van der Waals surface area contributed by atoms with Crippen molar-refractivity contribution in [1.82, 2.24) is 19.9 Å². The zero-order valence-electron chi connectivity index (χ0n) is 17.9. The summed E-state index contributed by atoms with van der Waals surface area (Å²) in [5.41, 5.74) is 2.15. The molecule has 0 aliphatic carbocycles. The normalized spacial score (nSPS) is 18.8. The molecule has 1 saturated heterocycles. The molecule has 1 amide bonds. The molecule has 0 radical (unpaired) electrons. The van der Waals surface area contributed by atoms with Gasteiger partial charge in [0.15, 0.2) is 0 Å². The summed E-state index contributed by atoms with van der Waals surface area (Å²) in [6.45, 7) is 7.25. The minimum absolute atomic E-state index is 0. The molecule has 164 valence electrons. The highest BCUT2D eigenvalue weighted by Gasteiger charge is 2.34. The van der Waals surface area contributed by atoms with Crippen LogP contribution in [0.25, 0.3) is 10.4 Å². The van der Waals surface area contributed by atoms with Gasteiger partial charge in [-0.2, -0.15) is 0 Å². The van der Waals surface area contributed by atoms with Crippen molar-refractivity contribution in [2.75, 3.05) is 18.4 Å². The maximum atomic E-state index is 13.6. The van der Waals surface area contributed by atoms with Gasteiger partial charge in [-0.3, -0.25) is 4.79 Å². The summed E-state index contributed by atoms with van der Waals surface area (Å²) in [7, 11) is 0. The summed E-state index contributed by atoms with van der Waals surface area (Å²) >= 11 is 1.46. The number of carbonyl (C=O) groups excluding carboxylic acids is 1. The molecule has 1 N–H and O–H groups in total. The van der Waals surface area contributed by atoms with Crippen molar-refractivity contribution in [2.24, 2.45) is 5.92 Å². The number of rotatable bonds is 5. The molecule has 0 bridgehead atoms. The largest absolute Gasteiger partial charge is 0.352 e. The number of aromatic nitrogens is 3. The van der Waals surface area contributed by atoms with E-state index in [2.05, 4.69) is 27.2 Å². The lowest BCUT2D eigenvalue weighted by atomic mass is 9.90. The third-order valence-electron chi connectivity index (χ3n) is 5.68. The number of nitrogens with one attached hydrogen (secondary N) is 1. The molecule has 31 heavy (non-hydrogen) atoms. The molecule has 1 fully saturated rings. The van der Waals surface area contributed by atoms with Crippen molar-refractivity contribution in [3.8, 4) is 10.4 Å². The van der Waals surface area contributed by atoms with E-state index in [9.17, 15) is 9.18 Å². The van der Waals surface area contributed by atoms with Crippen LogP contribution in [0, 0.1) is 25.6 Å². The molecule has 1 aromatic carbocycles. The number of aryl methyl sites for hydroxylation is 2. The fourth-order valence-electron chi connectivity index (χ4n) is 4.05. The predicted molar refractivity (Wildman–Crippen MR) is 123 cm³/mol. The molecule has 2 atom stereocenters. The minimum Gasteiger partial charge on any atom is -0.352 e. The highest BCUT2D eigenvalue weighted by atomic mass is 32.1. The Morgan fingerprint density at radius 3 is 2.77 bits per heavy atom. The summed E-state index contributed by atoms with van der Waals surface area (Å²) in [4.78, 5) is 29.6. The van der Waals surface area contributed by atoms with Gasteiger partial charge in [0.2, 0.25) is 5.95 Å². The number of likely N-dealkylation sites (tertiary alicyclic amines) is 1. The number of nitrogens with zero attached hydrogens (tertiary/aromatic N) is 4. The molecule has 0 saturated carbocycles. The van der Waals surface area contributed by atoms with Crippen molar-refractivity contribution in [3.63, 3.8) is 0 Å². The van der Waals surface area contributed by atoms with Crippen molar-refractivity contribution in [2.45, 2.75) is 39.7 Å². The maximum Gasteiger partial charge on any atom is 0.274 e. The topological polar surface area (TPSA) is 71.0 Å². The fourth-order valence-corrected chi connectivity index (χ4v) is 4.96. The number of carbonyl (C=O) groups is 1. The molecule has 2 aromatic heterocycles. The van der Waals surface area contributed by atoms with Crippen LogP contribution in [0.3, 0.4) is 0 Å². The summed E-state index contributed by atoms with van der Waals surface area (Å²) in [6.07, 6.45) is 3.75. The number of anilines is 1. The van der Waals surface area contributed by atoms with E-state index in [0.717, 1.165) is 34.0 Å². The summed E-state index contributed by atoms with van der Waals surface area (Å²) in [6, 6.07) is 8.09. The van der Waals surface area contributed by atoms with Gasteiger partial charge in [-0.25, -0.2) is 19.3 Å². The lowest BCUT2D eigenvalue weighted by Crippen LogP contribution is -2.51. The van der Waals surface area contributed by atoms with Gasteiger partial charge in [0.05, 0.1) is 15.9 Å². The second-order valence-electron chi connectivity index (χ2n) is 8.01. The first-order valence-electron chi connectivity index (χ1n) is 10.5. The van der Waals surface area contributed by atoms with E-state index >= 15 is 0 Å². The highest BCUT2D eigenvalue weighted by molar-refractivity contribution is 7.15. The zero-order chi connectivity index (χ0) is 22.0. The average Bonchev–Trinajstić information content (AvgIpc) is 3.14. The molecule has 1 aliphatic heterocycles. The van der Waals surface area contributed by atoms with E-state index in [-0.39, 0.29) is 19.2 Å². The molecule has 3 aromatic rings. The van der Waals surface area contributed by atoms with Crippen LogP contribution in [-0.4, -0.2) is 44.9 Å². The lowest BCUT2D eigenvalue weighted by Gasteiger charge is -2.40. The van der Waals surface area contributed by atoms with Gasteiger partial charge in [-0.15, -0.1) is 11.3 Å². The van der Waals surface area contributed by atoms with E-state index in [4.69, 9.17) is 0 Å². The predicted octanol–water partition coefficient (Wildman–Crippen LogP) is 4.95. The van der Waals surface area contributed by atoms with Crippen LogP contribution in [0.2, 0.25) is 0 Å². The van der Waals surface area contributed by atoms with Crippen LogP contribution in [0.15, 0.2) is 36.5 Å². The number of hydrogen-bond donors (Lipinski definition) is 1. The molecular formula is C23H28FN5OS. The Balaban J connectivity index is 0.00000289. The van der Waals surface area contributed by atoms with Crippen LogP contribution in [-0.2, 0) is 0 Å². The maximum absolute atomic E-state index is 13.6. The molecule has 4 rings (SSSR count). The van der Waals surface area contributed by atoms with Crippen LogP contribution in [0.4, 0.5) is 10.3 Å². The number of piperidine rings is 1. The Hall–Kier alpha value is -2.87. The van der Waals surface area contributed by atoms with Gasteiger partial charge < -0.3 is 10.2 Å². The molecule has 1 unspecified atom stereocenters. The smallest absolute Gasteiger partial charge is 0.274 e. The van der Waals surface area contributed by atoms with Gasteiger partial charge in [0.25, 0.3) is 5.91 Å². The van der Waals surface area contributed by atoms with Crippen molar-refractivity contribution in [1.29, 1.82) is 0 Å². The molecule has 3 heterocycles. The Kier molecular flexibility index (Phi) is 6.27. The van der Waals surface area contributed by atoms with Crippen LogP contribution in [0.1, 0.15) is 42.4 Å². The third kappa shape index (κ3) is 4.74. The SMILES string of the molecule is Cc1ccnc(NC[C@@H]2C(C)CCCN2C(=O)c2nc(C)sc2-c2ccc(F)cc2)n1.[HH]. The number of hydrogen-bond acceptors (Lipinski definition) is 6. The Morgan fingerprint density at radius 2 is 2.03 bits per heavy atom. The minimum atomic E-state index is -0.299. The molecule has 6 nitrogen and oxygen atoms in total. The van der Waals surface area contributed by atoms with Gasteiger partial charge in [0.1, 0.15) is 11.5 Å². The number of benzene rings is 1. The van der Waals surface area contributed by atoms with Gasteiger partial charge in [0, 0.05) is 26.4 Å². The second-order valence-corrected chi connectivity index (χ2v) is 9.21. The lowest BCUT2D eigenvalue weighted by molar-refractivity contribution is 0.0535. The Labute approximate surface area is 187 Å². The van der Waals surface area contributed by atoms with Crippen LogP contribution >= 0.6 is 11.3 Å². The van der Waals surface area contributed by atoms with Gasteiger partial charge in [-0.1, -0.05) is 19.1 Å². The van der Waals surface area contributed by atoms with Gasteiger partial charge in [-0.05, 0) is 56.4 Å². The molecule has 0 spiro atoms. The van der Waals surface area contributed by atoms with Crippen molar-refractivity contribution >= 4 is 23.2 Å². The third-order valence-corrected chi connectivity index (χ3v) is 6.70. The molecular weight excluding hydrogens is 413 g/mol. The van der Waals surface area contributed by atoms with Crippen molar-refractivity contribution in [3.05, 3.63) is 58.7 Å². The highest BCUT2D eigenvalue weighted by Crippen LogP contribution is 2.33. The summed E-state index contributed by atoms with van der Waals surface area (Å²) < 4.78 is 13.4. The number of halogens is 1. The van der Waals surface area contributed by atoms with Crippen LogP contribution in [0.5, 0.6) is 0 Å². The van der Waals surface area contributed by atoms with Crippen LogP contribution < -0.4 is 5.32 Å². The molecule has 8 heteroatoms. The van der Waals surface area contributed by atoms with Gasteiger partial charge >= 0.3 is 0 Å². The average molecular weight is 442 g/mol.